The Morgan fingerprint density at radius 2 is 1.96 bits per heavy atom. The van der Waals surface area contributed by atoms with E-state index in [9.17, 15) is 9.59 Å². The van der Waals surface area contributed by atoms with Crippen LogP contribution in [0.1, 0.15) is 62.5 Å². The topological polar surface area (TPSA) is 60.2 Å². The number of carbonyl (C=O) groups excluding carboxylic acids is 2. The van der Waals surface area contributed by atoms with Crippen LogP contribution in [0, 0.1) is 31.1 Å². The van der Waals surface area contributed by atoms with Crippen molar-refractivity contribution in [2.45, 2.75) is 65.7 Å². The molecule has 4 heteroatoms. The molecule has 0 bridgehead atoms. The number of fused-ring (bicyclic) bond motifs is 3. The minimum Gasteiger partial charge on any atom is -0.361 e. The number of hydrogen-bond acceptors (Lipinski definition) is 4. The normalized spacial score (nSPS) is 33.0. The molecule has 1 unspecified atom stereocenters. The van der Waals surface area contributed by atoms with Gasteiger partial charge in [-0.3, -0.25) is 9.59 Å². The van der Waals surface area contributed by atoms with Gasteiger partial charge in [-0.05, 0) is 56.9 Å². The van der Waals surface area contributed by atoms with Crippen molar-refractivity contribution in [3.63, 3.8) is 0 Å². The summed E-state index contributed by atoms with van der Waals surface area (Å²) in [7, 11) is 0. The number of ketones is 2. The van der Waals surface area contributed by atoms with Crippen LogP contribution in [0.25, 0.3) is 0 Å². The molecule has 128 valence electrons. The lowest BCUT2D eigenvalue weighted by molar-refractivity contribution is -0.128. The van der Waals surface area contributed by atoms with E-state index in [0.29, 0.717) is 30.5 Å². The lowest BCUT2D eigenvalue weighted by Crippen LogP contribution is -2.41. The fourth-order valence-corrected chi connectivity index (χ4v) is 5.40. The van der Waals surface area contributed by atoms with Gasteiger partial charge in [-0.2, -0.15) is 0 Å². The first-order chi connectivity index (χ1) is 11.4. The molecular formula is C20H25NO3. The first kappa shape index (κ1) is 15.8. The van der Waals surface area contributed by atoms with Crippen LogP contribution in [0.3, 0.4) is 0 Å². The summed E-state index contributed by atoms with van der Waals surface area (Å²) in [4.78, 5) is 25.1. The minimum absolute atomic E-state index is 0.150. The van der Waals surface area contributed by atoms with Crippen LogP contribution in [0.5, 0.6) is 0 Å². The molecule has 2 saturated carbocycles. The molecule has 1 aromatic rings. The molecule has 4 nitrogen and oxygen atoms in total. The highest BCUT2D eigenvalue weighted by Crippen LogP contribution is 2.57. The van der Waals surface area contributed by atoms with Crippen LogP contribution in [0.4, 0.5) is 0 Å². The second-order valence-corrected chi connectivity index (χ2v) is 8.04. The third-order valence-electron chi connectivity index (χ3n) is 6.93. The molecule has 3 atom stereocenters. The maximum absolute atomic E-state index is 12.7. The largest absolute Gasteiger partial charge is 0.361 e. The van der Waals surface area contributed by atoms with Gasteiger partial charge in [-0.1, -0.05) is 17.7 Å². The van der Waals surface area contributed by atoms with Gasteiger partial charge in [-0.25, -0.2) is 0 Å². The molecular weight excluding hydrogens is 302 g/mol. The fourth-order valence-electron chi connectivity index (χ4n) is 5.40. The molecule has 1 heterocycles. The number of allylic oxidation sites excluding steroid dienone is 2. The van der Waals surface area contributed by atoms with Gasteiger partial charge in [-0.15, -0.1) is 0 Å². The Hall–Kier alpha value is -1.71. The van der Waals surface area contributed by atoms with Crippen molar-refractivity contribution < 1.29 is 14.1 Å². The molecule has 3 aliphatic rings. The first-order valence-electron chi connectivity index (χ1n) is 9.12. The number of aromatic nitrogens is 1. The number of hydrogen-bond donors (Lipinski definition) is 0. The van der Waals surface area contributed by atoms with Gasteiger partial charge < -0.3 is 4.52 Å². The molecule has 4 rings (SSSR count). The highest BCUT2D eigenvalue weighted by molar-refractivity contribution is 5.98. The number of carbonyl (C=O) groups is 2. The van der Waals surface area contributed by atoms with E-state index in [4.69, 9.17) is 4.52 Å². The number of Topliss-reactive ketones (excluding diaryl/α,β-unsaturated/α-hetero) is 2. The van der Waals surface area contributed by atoms with E-state index in [1.807, 2.05) is 13.8 Å². The second kappa shape index (κ2) is 5.40. The van der Waals surface area contributed by atoms with Crippen molar-refractivity contribution in [3.05, 3.63) is 28.2 Å². The predicted molar refractivity (Wildman–Crippen MR) is 89.5 cm³/mol. The maximum atomic E-state index is 12.7. The SMILES string of the molecule is Cc1noc(C)c1CC1=C2CC[C@]3(C)C(=O)CC[C@H]3C2CCC1=O. The Balaban J connectivity index is 1.73. The van der Waals surface area contributed by atoms with Crippen molar-refractivity contribution >= 4 is 11.6 Å². The maximum Gasteiger partial charge on any atom is 0.159 e. The molecule has 0 radical (unpaired) electrons. The van der Waals surface area contributed by atoms with Gasteiger partial charge in [0, 0.05) is 30.2 Å². The quantitative estimate of drug-likeness (QED) is 0.827. The summed E-state index contributed by atoms with van der Waals surface area (Å²) in [6, 6.07) is 0. The molecule has 0 aromatic carbocycles. The zero-order chi connectivity index (χ0) is 17.1. The molecule has 2 fully saturated rings. The van der Waals surface area contributed by atoms with Crippen molar-refractivity contribution in [1.82, 2.24) is 5.16 Å². The highest BCUT2D eigenvalue weighted by Gasteiger charge is 2.53. The van der Waals surface area contributed by atoms with Crippen molar-refractivity contribution in [2.75, 3.05) is 0 Å². The van der Waals surface area contributed by atoms with Gasteiger partial charge in [0.05, 0.1) is 5.69 Å². The zero-order valence-corrected chi connectivity index (χ0v) is 14.8. The van der Waals surface area contributed by atoms with Gasteiger partial charge in [0.2, 0.25) is 0 Å². The van der Waals surface area contributed by atoms with Crippen LogP contribution < -0.4 is 0 Å². The van der Waals surface area contributed by atoms with E-state index < -0.39 is 0 Å². The van der Waals surface area contributed by atoms with Crippen LogP contribution in [-0.2, 0) is 16.0 Å². The summed E-state index contributed by atoms with van der Waals surface area (Å²) in [5, 5.41) is 4.03. The third kappa shape index (κ3) is 2.15. The molecule has 0 amide bonds. The average molecular weight is 327 g/mol. The molecule has 0 spiro atoms. The van der Waals surface area contributed by atoms with E-state index >= 15 is 0 Å². The highest BCUT2D eigenvalue weighted by atomic mass is 16.5. The van der Waals surface area contributed by atoms with Gasteiger partial charge >= 0.3 is 0 Å². The Kier molecular flexibility index (Phi) is 3.55. The van der Waals surface area contributed by atoms with Crippen molar-refractivity contribution in [2.24, 2.45) is 17.3 Å². The fraction of sp³-hybridized carbons (Fsp3) is 0.650. The van der Waals surface area contributed by atoms with Gasteiger partial charge in [0.25, 0.3) is 0 Å². The monoisotopic (exact) mass is 327 g/mol. The Morgan fingerprint density at radius 3 is 2.67 bits per heavy atom. The lowest BCUT2D eigenvalue weighted by atomic mass is 9.58. The average Bonchev–Trinajstić information content (AvgIpc) is 3.03. The van der Waals surface area contributed by atoms with Crippen molar-refractivity contribution in [1.29, 1.82) is 0 Å². The van der Waals surface area contributed by atoms with Crippen LogP contribution in [0.15, 0.2) is 15.7 Å². The van der Waals surface area contributed by atoms with E-state index in [0.717, 1.165) is 54.7 Å². The van der Waals surface area contributed by atoms with Gasteiger partial charge in [0.1, 0.15) is 11.5 Å². The Bertz CT molecular complexity index is 737. The predicted octanol–water partition coefficient (Wildman–Crippen LogP) is 3.89. The Morgan fingerprint density at radius 1 is 1.17 bits per heavy atom. The number of rotatable bonds is 2. The second-order valence-electron chi connectivity index (χ2n) is 8.04. The number of aryl methyl sites for hydroxylation is 2. The molecule has 1 aromatic heterocycles. The van der Waals surface area contributed by atoms with E-state index in [2.05, 4.69) is 12.1 Å². The van der Waals surface area contributed by atoms with Crippen LogP contribution >= 0.6 is 0 Å². The zero-order valence-electron chi connectivity index (χ0n) is 14.8. The minimum atomic E-state index is -0.150. The summed E-state index contributed by atoms with van der Waals surface area (Å²) >= 11 is 0. The molecule has 0 aliphatic heterocycles. The van der Waals surface area contributed by atoms with Crippen LogP contribution in [0.2, 0.25) is 0 Å². The standard InChI is InChI=1S/C20H25NO3/c1-11-15(12(2)24-21-11)10-16-13-8-9-20(3)17(5-7-19(20)23)14(13)4-6-18(16)22/h14,17H,4-10H2,1-3H3/t14?,17-,20-/m0/s1. The summed E-state index contributed by atoms with van der Waals surface area (Å²) < 4.78 is 5.28. The van der Waals surface area contributed by atoms with Crippen LogP contribution in [-0.4, -0.2) is 16.7 Å². The summed E-state index contributed by atoms with van der Waals surface area (Å²) in [6.45, 7) is 6.02. The van der Waals surface area contributed by atoms with Gasteiger partial charge in [0.15, 0.2) is 5.78 Å². The first-order valence-corrected chi connectivity index (χ1v) is 9.12. The van der Waals surface area contributed by atoms with E-state index in [1.54, 1.807) is 0 Å². The third-order valence-corrected chi connectivity index (χ3v) is 6.93. The summed E-state index contributed by atoms with van der Waals surface area (Å²) in [5.74, 6) is 2.39. The van der Waals surface area contributed by atoms with E-state index in [1.165, 1.54) is 5.57 Å². The van der Waals surface area contributed by atoms with E-state index in [-0.39, 0.29) is 11.2 Å². The van der Waals surface area contributed by atoms with Crippen molar-refractivity contribution in [3.8, 4) is 0 Å². The lowest BCUT2D eigenvalue weighted by Gasteiger charge is -2.45. The molecule has 24 heavy (non-hydrogen) atoms. The summed E-state index contributed by atoms with van der Waals surface area (Å²) in [5.41, 5.74) is 4.11. The summed E-state index contributed by atoms with van der Waals surface area (Å²) in [6.07, 6.45) is 5.70. The number of nitrogens with zero attached hydrogens (tertiary/aromatic N) is 1. The smallest absolute Gasteiger partial charge is 0.159 e. The Labute approximate surface area is 142 Å². The molecule has 0 N–H and O–H groups in total. The molecule has 3 aliphatic carbocycles. The molecule has 0 saturated heterocycles.